The Balaban J connectivity index is 1.61. The van der Waals surface area contributed by atoms with Crippen LogP contribution in [0.25, 0.3) is 0 Å². The van der Waals surface area contributed by atoms with Gasteiger partial charge in [-0.25, -0.2) is 4.79 Å². The number of ketones is 1. The summed E-state index contributed by atoms with van der Waals surface area (Å²) in [6, 6.07) is 20.0. The van der Waals surface area contributed by atoms with E-state index in [1.165, 1.54) is 16.0 Å². The molecule has 0 aromatic heterocycles. The molecule has 5 nitrogen and oxygen atoms in total. The molecule has 1 aliphatic rings. The van der Waals surface area contributed by atoms with Gasteiger partial charge < -0.3 is 9.64 Å². The number of Topliss-reactive ketones (excluding diaryl/α,β-unsaturated/α-hetero) is 1. The SMILES string of the molecule is CCC(C)(C)C(=O)C(=O)N1CCC[C@H]1C(=O)OC(CCCc1ccccc1)CCCc1ccccc1. The van der Waals surface area contributed by atoms with E-state index in [0.717, 1.165) is 38.5 Å². The van der Waals surface area contributed by atoms with Gasteiger partial charge in [0.15, 0.2) is 0 Å². The van der Waals surface area contributed by atoms with Crippen molar-refractivity contribution in [3.05, 3.63) is 71.8 Å². The van der Waals surface area contributed by atoms with Crippen LogP contribution in [-0.2, 0) is 32.0 Å². The predicted molar refractivity (Wildman–Crippen MR) is 142 cm³/mol. The van der Waals surface area contributed by atoms with E-state index in [1.807, 2.05) is 43.3 Å². The fourth-order valence-corrected chi connectivity index (χ4v) is 4.70. The highest BCUT2D eigenvalue weighted by Gasteiger charge is 2.42. The minimum absolute atomic E-state index is 0.203. The van der Waals surface area contributed by atoms with Crippen molar-refractivity contribution in [2.45, 2.75) is 90.7 Å². The molecule has 1 heterocycles. The van der Waals surface area contributed by atoms with Gasteiger partial charge in [0, 0.05) is 12.0 Å². The predicted octanol–water partition coefficient (Wildman–Crippen LogP) is 5.94. The van der Waals surface area contributed by atoms with Crippen LogP contribution in [0.3, 0.4) is 0 Å². The molecule has 1 saturated heterocycles. The van der Waals surface area contributed by atoms with Gasteiger partial charge in [0.2, 0.25) is 5.78 Å². The van der Waals surface area contributed by atoms with Crippen molar-refractivity contribution < 1.29 is 19.1 Å². The molecule has 0 saturated carbocycles. The van der Waals surface area contributed by atoms with Gasteiger partial charge in [-0.2, -0.15) is 0 Å². The molecule has 36 heavy (non-hydrogen) atoms. The van der Waals surface area contributed by atoms with Crippen LogP contribution in [-0.4, -0.2) is 41.3 Å². The highest BCUT2D eigenvalue weighted by atomic mass is 16.5. The van der Waals surface area contributed by atoms with Crippen LogP contribution in [0.5, 0.6) is 0 Å². The maximum absolute atomic E-state index is 13.3. The number of esters is 1. The zero-order chi connectivity index (χ0) is 26.0. The number of rotatable bonds is 13. The third-order valence-electron chi connectivity index (χ3n) is 7.43. The fourth-order valence-electron chi connectivity index (χ4n) is 4.70. The second kappa shape index (κ2) is 13.4. The van der Waals surface area contributed by atoms with E-state index in [2.05, 4.69) is 24.3 Å². The third-order valence-corrected chi connectivity index (χ3v) is 7.43. The van der Waals surface area contributed by atoms with Gasteiger partial charge in [0.25, 0.3) is 5.91 Å². The van der Waals surface area contributed by atoms with Gasteiger partial charge in [0.1, 0.15) is 12.1 Å². The summed E-state index contributed by atoms with van der Waals surface area (Å²) >= 11 is 0. The fraction of sp³-hybridized carbons (Fsp3) is 0.516. The molecule has 1 fully saturated rings. The van der Waals surface area contributed by atoms with Crippen molar-refractivity contribution in [2.75, 3.05) is 6.54 Å². The number of amides is 1. The maximum atomic E-state index is 13.3. The lowest BCUT2D eigenvalue weighted by molar-refractivity contribution is -0.161. The average Bonchev–Trinajstić information content (AvgIpc) is 3.39. The van der Waals surface area contributed by atoms with Gasteiger partial charge in [-0.05, 0) is 68.9 Å². The zero-order valence-electron chi connectivity index (χ0n) is 22.1. The van der Waals surface area contributed by atoms with E-state index in [4.69, 9.17) is 4.74 Å². The first-order valence-electron chi connectivity index (χ1n) is 13.5. The minimum Gasteiger partial charge on any atom is -0.461 e. The van der Waals surface area contributed by atoms with Crippen molar-refractivity contribution in [2.24, 2.45) is 5.41 Å². The Labute approximate surface area is 216 Å². The minimum atomic E-state index is -0.731. The normalized spacial score (nSPS) is 15.8. The van der Waals surface area contributed by atoms with Crippen LogP contribution in [0.4, 0.5) is 0 Å². The first kappa shape index (κ1) is 27.6. The summed E-state index contributed by atoms with van der Waals surface area (Å²) in [6.07, 6.45) is 6.88. The molecule has 0 N–H and O–H groups in total. The van der Waals surface area contributed by atoms with Crippen molar-refractivity contribution in [3.8, 4) is 0 Å². The number of likely N-dealkylation sites (tertiary alicyclic amines) is 1. The van der Waals surface area contributed by atoms with E-state index in [0.29, 0.717) is 25.8 Å². The molecule has 3 rings (SSSR count). The summed E-state index contributed by atoms with van der Waals surface area (Å²) in [5.41, 5.74) is 1.82. The Morgan fingerprint density at radius 1 is 0.917 bits per heavy atom. The van der Waals surface area contributed by atoms with Gasteiger partial charge >= 0.3 is 5.97 Å². The van der Waals surface area contributed by atoms with Gasteiger partial charge in [0.05, 0.1) is 0 Å². The number of ether oxygens (including phenoxy) is 1. The highest BCUT2D eigenvalue weighted by Crippen LogP contribution is 2.27. The molecule has 0 aliphatic carbocycles. The molecule has 0 radical (unpaired) electrons. The number of hydrogen-bond acceptors (Lipinski definition) is 4. The summed E-state index contributed by atoms with van der Waals surface area (Å²) in [4.78, 5) is 40.5. The lowest BCUT2D eigenvalue weighted by Crippen LogP contribution is -2.48. The van der Waals surface area contributed by atoms with Crippen LogP contribution >= 0.6 is 0 Å². The molecule has 1 amide bonds. The number of carbonyl (C=O) groups is 3. The number of aryl methyl sites for hydroxylation is 2. The van der Waals surface area contributed by atoms with Crippen LogP contribution in [0, 0.1) is 5.41 Å². The summed E-state index contributed by atoms with van der Waals surface area (Å²) in [5, 5.41) is 0. The molecule has 0 bridgehead atoms. The zero-order valence-corrected chi connectivity index (χ0v) is 22.1. The molecule has 5 heteroatoms. The summed E-state index contributed by atoms with van der Waals surface area (Å²) < 4.78 is 6.04. The Kier molecular flexibility index (Phi) is 10.3. The quantitative estimate of drug-likeness (QED) is 0.257. The van der Waals surface area contributed by atoms with E-state index in [1.54, 1.807) is 13.8 Å². The number of benzene rings is 2. The lowest BCUT2D eigenvalue weighted by atomic mass is 9.84. The Bertz CT molecular complexity index is 941. The van der Waals surface area contributed by atoms with Crippen molar-refractivity contribution in [1.82, 2.24) is 4.90 Å². The lowest BCUT2D eigenvalue weighted by Gasteiger charge is -2.28. The van der Waals surface area contributed by atoms with E-state index >= 15 is 0 Å². The summed E-state index contributed by atoms with van der Waals surface area (Å²) in [7, 11) is 0. The Morgan fingerprint density at radius 2 is 1.44 bits per heavy atom. The third kappa shape index (κ3) is 7.78. The molecule has 0 spiro atoms. The number of carbonyl (C=O) groups excluding carboxylic acids is 3. The second-order valence-electron chi connectivity index (χ2n) is 10.5. The summed E-state index contributed by atoms with van der Waals surface area (Å²) in [5.74, 6) is -1.34. The van der Waals surface area contributed by atoms with E-state index < -0.39 is 23.1 Å². The van der Waals surface area contributed by atoms with Gasteiger partial charge in [-0.15, -0.1) is 0 Å². The molecule has 0 unspecified atom stereocenters. The molecule has 1 atom stereocenters. The largest absolute Gasteiger partial charge is 0.461 e. The van der Waals surface area contributed by atoms with Gasteiger partial charge in [-0.3, -0.25) is 9.59 Å². The summed E-state index contributed by atoms with van der Waals surface area (Å²) in [6.45, 7) is 5.89. The van der Waals surface area contributed by atoms with Crippen LogP contribution in [0.15, 0.2) is 60.7 Å². The standard InChI is InChI=1S/C31H41NO4/c1-4-31(2,3)28(33)29(34)32-23-13-22-27(32)30(35)36-26(20-11-18-24-14-7-5-8-15-24)21-12-19-25-16-9-6-10-17-25/h5-10,14-17,26-27H,4,11-13,18-23H2,1-3H3/t27-/m0/s1. The maximum Gasteiger partial charge on any atom is 0.329 e. The molecule has 2 aromatic carbocycles. The first-order chi connectivity index (χ1) is 17.3. The van der Waals surface area contributed by atoms with E-state index in [9.17, 15) is 14.4 Å². The molecular weight excluding hydrogens is 450 g/mol. The molecular formula is C31H41NO4. The smallest absolute Gasteiger partial charge is 0.329 e. The van der Waals surface area contributed by atoms with Crippen molar-refractivity contribution in [3.63, 3.8) is 0 Å². The highest BCUT2D eigenvalue weighted by molar-refractivity contribution is 6.38. The number of hydrogen-bond donors (Lipinski definition) is 0. The monoisotopic (exact) mass is 491 g/mol. The Morgan fingerprint density at radius 3 is 1.94 bits per heavy atom. The Hall–Kier alpha value is -2.95. The van der Waals surface area contributed by atoms with Crippen molar-refractivity contribution in [1.29, 1.82) is 0 Å². The van der Waals surface area contributed by atoms with Crippen LogP contribution < -0.4 is 0 Å². The molecule has 1 aliphatic heterocycles. The topological polar surface area (TPSA) is 63.7 Å². The van der Waals surface area contributed by atoms with Crippen LogP contribution in [0.1, 0.15) is 76.8 Å². The average molecular weight is 492 g/mol. The molecule has 2 aromatic rings. The van der Waals surface area contributed by atoms with Gasteiger partial charge in [-0.1, -0.05) is 81.4 Å². The number of nitrogens with zero attached hydrogens (tertiary/aromatic N) is 1. The van der Waals surface area contributed by atoms with Crippen LogP contribution in [0.2, 0.25) is 0 Å². The first-order valence-corrected chi connectivity index (χ1v) is 13.5. The second-order valence-corrected chi connectivity index (χ2v) is 10.5. The van der Waals surface area contributed by atoms with Crippen molar-refractivity contribution >= 4 is 17.7 Å². The van der Waals surface area contributed by atoms with E-state index in [-0.39, 0.29) is 12.1 Å². The molecule has 194 valence electrons.